The quantitative estimate of drug-likeness (QED) is 0.568. The van der Waals surface area contributed by atoms with Gasteiger partial charge in [-0.1, -0.05) is 6.42 Å². The van der Waals surface area contributed by atoms with E-state index in [1.165, 1.54) is 31.8 Å². The van der Waals surface area contributed by atoms with E-state index in [0.29, 0.717) is 12.3 Å². The van der Waals surface area contributed by atoms with Crippen LogP contribution in [-0.4, -0.2) is 11.1 Å². The standard InChI is InChI=1S/C12H15NO2/c13-4-3-10(12(14)15)7-11-6-8-1-2-9(11)5-8/h3,8-9,11H,1-2,5-7H2,(H,14,15). The molecule has 3 nitrogen and oxygen atoms in total. The Bertz CT molecular complexity index is 340. The van der Waals surface area contributed by atoms with Gasteiger partial charge >= 0.3 is 5.97 Å². The van der Waals surface area contributed by atoms with Gasteiger partial charge in [0.05, 0.1) is 6.07 Å². The number of fused-ring (bicyclic) bond motifs is 2. The smallest absolute Gasteiger partial charge is 0.332 e. The van der Waals surface area contributed by atoms with Crippen LogP contribution in [0, 0.1) is 29.1 Å². The van der Waals surface area contributed by atoms with E-state index in [4.69, 9.17) is 10.4 Å². The molecule has 0 aromatic heterocycles. The van der Waals surface area contributed by atoms with Crippen molar-refractivity contribution < 1.29 is 9.90 Å². The summed E-state index contributed by atoms with van der Waals surface area (Å²) in [5.41, 5.74) is 0.287. The topological polar surface area (TPSA) is 61.1 Å². The van der Waals surface area contributed by atoms with Gasteiger partial charge in [0.15, 0.2) is 0 Å². The van der Waals surface area contributed by atoms with E-state index in [9.17, 15) is 4.79 Å². The molecular weight excluding hydrogens is 190 g/mol. The van der Waals surface area contributed by atoms with Crippen molar-refractivity contribution in [1.29, 1.82) is 5.26 Å². The Labute approximate surface area is 89.4 Å². The summed E-state index contributed by atoms with van der Waals surface area (Å²) in [6, 6.07) is 1.82. The predicted molar refractivity (Wildman–Crippen MR) is 54.9 cm³/mol. The molecule has 2 bridgehead atoms. The molecule has 0 aromatic carbocycles. The largest absolute Gasteiger partial charge is 0.478 e. The lowest BCUT2D eigenvalue weighted by Crippen LogP contribution is -2.14. The molecule has 0 saturated heterocycles. The van der Waals surface area contributed by atoms with Crippen molar-refractivity contribution >= 4 is 5.97 Å². The van der Waals surface area contributed by atoms with Gasteiger partial charge in [-0.3, -0.25) is 0 Å². The minimum absolute atomic E-state index is 0.287. The highest BCUT2D eigenvalue weighted by Crippen LogP contribution is 2.50. The first-order chi connectivity index (χ1) is 7.20. The molecule has 15 heavy (non-hydrogen) atoms. The summed E-state index contributed by atoms with van der Waals surface area (Å²) in [5, 5.41) is 17.4. The van der Waals surface area contributed by atoms with E-state index in [1.807, 2.05) is 6.07 Å². The highest BCUT2D eigenvalue weighted by Gasteiger charge is 2.39. The van der Waals surface area contributed by atoms with E-state index in [2.05, 4.69) is 0 Å². The zero-order valence-electron chi connectivity index (χ0n) is 8.65. The third-order valence-corrected chi connectivity index (χ3v) is 3.88. The molecule has 1 N–H and O–H groups in total. The zero-order chi connectivity index (χ0) is 10.8. The summed E-state index contributed by atoms with van der Waals surface area (Å²) in [7, 11) is 0. The number of nitrogens with zero attached hydrogens (tertiary/aromatic N) is 1. The molecule has 3 atom stereocenters. The Hall–Kier alpha value is -1.30. The molecule has 0 spiro atoms. The van der Waals surface area contributed by atoms with Gasteiger partial charge in [0.1, 0.15) is 0 Å². The summed E-state index contributed by atoms with van der Waals surface area (Å²) in [6.45, 7) is 0. The highest BCUT2D eigenvalue weighted by molar-refractivity contribution is 5.87. The molecule has 0 aromatic rings. The lowest BCUT2D eigenvalue weighted by atomic mass is 9.84. The number of hydrogen-bond donors (Lipinski definition) is 1. The average Bonchev–Trinajstić information content (AvgIpc) is 2.78. The van der Waals surface area contributed by atoms with Gasteiger partial charge in [-0.15, -0.1) is 0 Å². The van der Waals surface area contributed by atoms with Gasteiger partial charge < -0.3 is 5.11 Å². The number of carboxylic acids is 1. The summed E-state index contributed by atoms with van der Waals surface area (Å²) in [5.74, 6) is 1.13. The number of aliphatic carboxylic acids is 1. The van der Waals surface area contributed by atoms with E-state index in [-0.39, 0.29) is 5.57 Å². The second kappa shape index (κ2) is 4.06. The predicted octanol–water partition coefficient (Wildman–Crippen LogP) is 2.35. The number of nitriles is 1. The van der Waals surface area contributed by atoms with E-state index in [0.717, 1.165) is 11.8 Å². The van der Waals surface area contributed by atoms with Crippen LogP contribution < -0.4 is 0 Å². The Kier molecular flexibility index (Phi) is 2.77. The van der Waals surface area contributed by atoms with Crippen LogP contribution in [0.15, 0.2) is 11.6 Å². The number of rotatable bonds is 3. The lowest BCUT2D eigenvalue weighted by Gasteiger charge is -2.21. The van der Waals surface area contributed by atoms with Crippen molar-refractivity contribution in [2.24, 2.45) is 17.8 Å². The minimum atomic E-state index is -0.931. The molecule has 2 fully saturated rings. The molecule has 0 amide bonds. The van der Waals surface area contributed by atoms with Gasteiger partial charge in [-0.05, 0) is 43.4 Å². The second-order valence-electron chi connectivity index (χ2n) is 4.74. The fourth-order valence-corrected chi connectivity index (χ4v) is 3.19. The van der Waals surface area contributed by atoms with Crippen LogP contribution in [0.3, 0.4) is 0 Å². The second-order valence-corrected chi connectivity index (χ2v) is 4.74. The molecule has 0 aliphatic heterocycles. The van der Waals surface area contributed by atoms with Crippen LogP contribution in [0.4, 0.5) is 0 Å². The zero-order valence-corrected chi connectivity index (χ0v) is 8.65. The van der Waals surface area contributed by atoms with Crippen molar-refractivity contribution in [3.8, 4) is 6.07 Å². The fraction of sp³-hybridized carbons (Fsp3) is 0.667. The number of allylic oxidation sites excluding steroid dienone is 1. The first-order valence-electron chi connectivity index (χ1n) is 5.52. The molecule has 2 aliphatic carbocycles. The van der Waals surface area contributed by atoms with Crippen molar-refractivity contribution in [3.63, 3.8) is 0 Å². The van der Waals surface area contributed by atoms with Gasteiger partial charge in [-0.2, -0.15) is 5.26 Å². The maximum Gasteiger partial charge on any atom is 0.332 e. The van der Waals surface area contributed by atoms with Gasteiger partial charge in [-0.25, -0.2) is 4.79 Å². The van der Waals surface area contributed by atoms with Gasteiger partial charge in [0.25, 0.3) is 0 Å². The Balaban J connectivity index is 1.99. The molecule has 0 radical (unpaired) electrons. The number of carbonyl (C=O) groups is 1. The molecule has 3 heteroatoms. The van der Waals surface area contributed by atoms with Gasteiger partial charge in [0.2, 0.25) is 0 Å². The Morgan fingerprint density at radius 1 is 1.47 bits per heavy atom. The minimum Gasteiger partial charge on any atom is -0.478 e. The van der Waals surface area contributed by atoms with Crippen LogP contribution in [0.25, 0.3) is 0 Å². The number of carboxylic acid groups (broad SMARTS) is 1. The van der Waals surface area contributed by atoms with E-state index >= 15 is 0 Å². The van der Waals surface area contributed by atoms with Crippen LogP contribution >= 0.6 is 0 Å². The van der Waals surface area contributed by atoms with Crippen LogP contribution in [0.1, 0.15) is 32.1 Å². The Morgan fingerprint density at radius 3 is 2.73 bits per heavy atom. The van der Waals surface area contributed by atoms with Crippen LogP contribution in [-0.2, 0) is 4.79 Å². The van der Waals surface area contributed by atoms with Crippen molar-refractivity contribution in [1.82, 2.24) is 0 Å². The fourth-order valence-electron chi connectivity index (χ4n) is 3.19. The van der Waals surface area contributed by atoms with Crippen molar-refractivity contribution in [2.45, 2.75) is 32.1 Å². The first-order valence-corrected chi connectivity index (χ1v) is 5.52. The monoisotopic (exact) mass is 205 g/mol. The van der Waals surface area contributed by atoms with Crippen molar-refractivity contribution in [3.05, 3.63) is 11.6 Å². The molecule has 80 valence electrons. The third-order valence-electron chi connectivity index (χ3n) is 3.88. The van der Waals surface area contributed by atoms with Crippen LogP contribution in [0.2, 0.25) is 0 Å². The Morgan fingerprint density at radius 2 is 2.27 bits per heavy atom. The third kappa shape index (κ3) is 2.04. The summed E-state index contributed by atoms with van der Waals surface area (Å²) >= 11 is 0. The molecular formula is C12H15NO2. The molecule has 2 saturated carbocycles. The van der Waals surface area contributed by atoms with Crippen molar-refractivity contribution in [2.75, 3.05) is 0 Å². The molecule has 3 unspecified atom stereocenters. The summed E-state index contributed by atoms with van der Waals surface area (Å²) in [4.78, 5) is 10.9. The average molecular weight is 205 g/mol. The summed E-state index contributed by atoms with van der Waals surface area (Å²) < 4.78 is 0. The van der Waals surface area contributed by atoms with Gasteiger partial charge in [0, 0.05) is 11.6 Å². The first kappa shape index (κ1) is 10.2. The lowest BCUT2D eigenvalue weighted by molar-refractivity contribution is -0.133. The van der Waals surface area contributed by atoms with E-state index < -0.39 is 5.97 Å². The van der Waals surface area contributed by atoms with Crippen LogP contribution in [0.5, 0.6) is 0 Å². The number of hydrogen-bond acceptors (Lipinski definition) is 2. The molecule has 2 aliphatic rings. The molecule has 2 rings (SSSR count). The summed E-state index contributed by atoms with van der Waals surface area (Å²) in [6.07, 6.45) is 6.81. The maximum absolute atomic E-state index is 10.9. The maximum atomic E-state index is 10.9. The van der Waals surface area contributed by atoms with E-state index in [1.54, 1.807) is 0 Å². The highest BCUT2D eigenvalue weighted by atomic mass is 16.4. The molecule has 0 heterocycles. The normalized spacial score (nSPS) is 34.1. The SMILES string of the molecule is N#CC=C(CC1CC2CCC1C2)C(=O)O.